The van der Waals surface area contributed by atoms with Crippen LogP contribution in [0.2, 0.25) is 0 Å². The molecule has 2 rings (SSSR count). The highest BCUT2D eigenvalue weighted by molar-refractivity contribution is 5.94. The third-order valence-electron chi connectivity index (χ3n) is 2.83. The number of carbonyl (C=O) groups excluding carboxylic acids is 1. The maximum absolute atomic E-state index is 11.9. The van der Waals surface area contributed by atoms with Crippen LogP contribution in [0.25, 0.3) is 5.65 Å². The lowest BCUT2D eigenvalue weighted by Crippen LogP contribution is -2.31. The smallest absolute Gasteiger partial charge is 0.308 e. The van der Waals surface area contributed by atoms with Gasteiger partial charge in [-0.3, -0.25) is 14.0 Å². The zero-order valence-electron chi connectivity index (χ0n) is 10.6. The zero-order valence-corrected chi connectivity index (χ0v) is 10.6. The molecule has 2 aromatic rings. The topological polar surface area (TPSA) is 96.6 Å². The zero-order chi connectivity index (χ0) is 14.0. The van der Waals surface area contributed by atoms with Crippen LogP contribution in [0, 0.1) is 12.8 Å². The van der Waals surface area contributed by atoms with Gasteiger partial charge < -0.3 is 10.4 Å². The minimum absolute atomic E-state index is 0.0906. The number of aliphatic carboxylic acids is 1. The van der Waals surface area contributed by atoms with Gasteiger partial charge in [0.1, 0.15) is 5.82 Å². The van der Waals surface area contributed by atoms with Crippen molar-refractivity contribution in [2.45, 2.75) is 13.8 Å². The summed E-state index contributed by atoms with van der Waals surface area (Å²) in [6, 6.07) is 3.32. The molecule has 7 heteroatoms. The molecule has 2 heterocycles. The third kappa shape index (κ3) is 2.70. The molecule has 2 N–H and O–H groups in total. The lowest BCUT2D eigenvalue weighted by atomic mass is 10.2. The molecule has 0 bridgehead atoms. The van der Waals surface area contributed by atoms with Crippen LogP contribution in [0.1, 0.15) is 23.1 Å². The molecule has 0 radical (unpaired) electrons. The van der Waals surface area contributed by atoms with E-state index in [4.69, 9.17) is 5.11 Å². The Balaban J connectivity index is 2.13. The number of aromatic nitrogens is 3. The molecule has 0 aliphatic rings. The molecule has 1 atom stereocenters. The number of nitrogens with one attached hydrogen (secondary N) is 1. The fourth-order valence-electron chi connectivity index (χ4n) is 1.57. The van der Waals surface area contributed by atoms with E-state index in [0.29, 0.717) is 17.0 Å². The largest absolute Gasteiger partial charge is 0.481 e. The summed E-state index contributed by atoms with van der Waals surface area (Å²) in [6.07, 6.45) is 1.63. The number of nitrogens with zero attached hydrogens (tertiary/aromatic N) is 3. The monoisotopic (exact) mass is 262 g/mol. The van der Waals surface area contributed by atoms with Crippen LogP contribution in [-0.4, -0.2) is 38.1 Å². The van der Waals surface area contributed by atoms with Gasteiger partial charge in [0.25, 0.3) is 5.91 Å². The van der Waals surface area contributed by atoms with E-state index >= 15 is 0 Å². The van der Waals surface area contributed by atoms with E-state index in [1.807, 2.05) is 0 Å². The van der Waals surface area contributed by atoms with Crippen LogP contribution in [-0.2, 0) is 4.79 Å². The first kappa shape index (κ1) is 13.0. The number of aryl methyl sites for hydroxylation is 1. The number of hydrogen-bond donors (Lipinski definition) is 2. The highest BCUT2D eigenvalue weighted by Crippen LogP contribution is 2.06. The second-order valence-electron chi connectivity index (χ2n) is 4.34. The highest BCUT2D eigenvalue weighted by atomic mass is 16.4. The van der Waals surface area contributed by atoms with Gasteiger partial charge in [-0.1, -0.05) is 6.92 Å². The predicted molar refractivity (Wildman–Crippen MR) is 66.9 cm³/mol. The first-order chi connectivity index (χ1) is 8.99. The normalized spacial score (nSPS) is 12.3. The molecule has 1 amide bonds. The van der Waals surface area contributed by atoms with Crippen molar-refractivity contribution in [3.63, 3.8) is 0 Å². The number of carbonyl (C=O) groups is 2. The molecule has 0 aliphatic carbocycles. The molecule has 0 fully saturated rings. The van der Waals surface area contributed by atoms with Gasteiger partial charge in [0.15, 0.2) is 5.65 Å². The molecule has 0 saturated heterocycles. The Hall–Kier alpha value is -2.44. The average molecular weight is 262 g/mol. The minimum atomic E-state index is -0.939. The molecule has 0 saturated carbocycles. The summed E-state index contributed by atoms with van der Waals surface area (Å²) < 4.78 is 1.70. The van der Waals surface area contributed by atoms with Crippen LogP contribution < -0.4 is 5.32 Å². The Kier molecular flexibility index (Phi) is 3.46. The van der Waals surface area contributed by atoms with Crippen molar-refractivity contribution in [2.24, 2.45) is 5.92 Å². The van der Waals surface area contributed by atoms with Crippen molar-refractivity contribution in [3.05, 3.63) is 29.7 Å². The summed E-state index contributed by atoms with van der Waals surface area (Å²) in [5.74, 6) is -1.19. The van der Waals surface area contributed by atoms with E-state index in [9.17, 15) is 9.59 Å². The van der Waals surface area contributed by atoms with Gasteiger partial charge in [0.05, 0.1) is 11.5 Å². The van der Waals surface area contributed by atoms with E-state index < -0.39 is 11.9 Å². The van der Waals surface area contributed by atoms with E-state index in [-0.39, 0.29) is 12.5 Å². The number of rotatable bonds is 4. The number of pyridine rings is 1. The van der Waals surface area contributed by atoms with Gasteiger partial charge >= 0.3 is 5.97 Å². The lowest BCUT2D eigenvalue weighted by Gasteiger charge is -2.08. The molecule has 19 heavy (non-hydrogen) atoms. The van der Waals surface area contributed by atoms with E-state index in [0.717, 1.165) is 0 Å². The van der Waals surface area contributed by atoms with Gasteiger partial charge in [0.2, 0.25) is 0 Å². The maximum atomic E-state index is 11.9. The summed E-state index contributed by atoms with van der Waals surface area (Å²) in [4.78, 5) is 22.6. The number of carboxylic acids is 1. The summed E-state index contributed by atoms with van der Waals surface area (Å²) in [7, 11) is 0. The molecule has 7 nitrogen and oxygen atoms in total. The van der Waals surface area contributed by atoms with Crippen LogP contribution in [0.5, 0.6) is 0 Å². The van der Waals surface area contributed by atoms with E-state index in [2.05, 4.69) is 15.5 Å². The molecular weight excluding hydrogens is 248 g/mol. The highest BCUT2D eigenvalue weighted by Gasteiger charge is 2.13. The third-order valence-corrected chi connectivity index (χ3v) is 2.83. The molecule has 100 valence electrons. The number of fused-ring (bicyclic) bond motifs is 1. The molecular formula is C12H14N4O3. The van der Waals surface area contributed by atoms with Crippen molar-refractivity contribution in [1.29, 1.82) is 0 Å². The van der Waals surface area contributed by atoms with Crippen molar-refractivity contribution >= 4 is 17.5 Å². The minimum Gasteiger partial charge on any atom is -0.481 e. The van der Waals surface area contributed by atoms with E-state index in [1.165, 1.54) is 6.92 Å². The summed E-state index contributed by atoms with van der Waals surface area (Å²) in [6.45, 7) is 3.41. The van der Waals surface area contributed by atoms with Crippen molar-refractivity contribution < 1.29 is 14.7 Å². The fourth-order valence-corrected chi connectivity index (χ4v) is 1.57. The molecule has 0 aliphatic heterocycles. The second-order valence-corrected chi connectivity index (χ2v) is 4.34. The predicted octanol–water partition coefficient (Wildman–Crippen LogP) is 0.488. The number of hydrogen-bond acceptors (Lipinski definition) is 4. The van der Waals surface area contributed by atoms with Gasteiger partial charge in [-0.2, -0.15) is 0 Å². The van der Waals surface area contributed by atoms with Crippen LogP contribution >= 0.6 is 0 Å². The van der Waals surface area contributed by atoms with Crippen molar-refractivity contribution in [3.8, 4) is 0 Å². The van der Waals surface area contributed by atoms with Crippen LogP contribution in [0.4, 0.5) is 0 Å². The van der Waals surface area contributed by atoms with Crippen molar-refractivity contribution in [2.75, 3.05) is 6.54 Å². The first-order valence-corrected chi connectivity index (χ1v) is 5.81. The van der Waals surface area contributed by atoms with Crippen LogP contribution in [0.15, 0.2) is 18.3 Å². The maximum Gasteiger partial charge on any atom is 0.308 e. The standard InChI is InChI=1S/C12H14N4O3/c1-7(12(18)19)5-13-11(17)9-3-4-10-15-14-8(2)16(10)6-9/h3-4,6-7H,5H2,1-2H3,(H,13,17)(H,18,19). The molecule has 2 aromatic heterocycles. The lowest BCUT2D eigenvalue weighted by molar-refractivity contribution is -0.140. The van der Waals surface area contributed by atoms with Gasteiger partial charge in [-0.05, 0) is 19.1 Å². The molecule has 0 spiro atoms. The summed E-state index contributed by atoms with van der Waals surface area (Å²) in [5.41, 5.74) is 1.10. The Morgan fingerprint density at radius 2 is 2.16 bits per heavy atom. The van der Waals surface area contributed by atoms with Gasteiger partial charge in [0, 0.05) is 12.7 Å². The summed E-state index contributed by atoms with van der Waals surface area (Å²) in [5, 5.41) is 19.1. The Labute approximate surface area is 109 Å². The first-order valence-electron chi connectivity index (χ1n) is 5.81. The quantitative estimate of drug-likeness (QED) is 0.835. The van der Waals surface area contributed by atoms with Gasteiger partial charge in [-0.25, -0.2) is 0 Å². The second kappa shape index (κ2) is 5.05. The van der Waals surface area contributed by atoms with Crippen molar-refractivity contribution in [1.82, 2.24) is 19.9 Å². The molecule has 0 aromatic carbocycles. The Morgan fingerprint density at radius 3 is 2.84 bits per heavy atom. The Morgan fingerprint density at radius 1 is 1.42 bits per heavy atom. The average Bonchev–Trinajstić information content (AvgIpc) is 2.76. The van der Waals surface area contributed by atoms with E-state index in [1.54, 1.807) is 29.7 Å². The Bertz CT molecular complexity index is 635. The number of carboxylic acid groups (broad SMARTS) is 1. The fraction of sp³-hybridized carbons (Fsp3) is 0.333. The number of amides is 1. The summed E-state index contributed by atoms with van der Waals surface area (Å²) >= 11 is 0. The van der Waals surface area contributed by atoms with Crippen LogP contribution in [0.3, 0.4) is 0 Å². The van der Waals surface area contributed by atoms with Gasteiger partial charge in [-0.15, -0.1) is 10.2 Å². The SMILES string of the molecule is Cc1nnc2ccc(C(=O)NCC(C)C(=O)O)cn12. The molecule has 1 unspecified atom stereocenters.